The van der Waals surface area contributed by atoms with Crippen molar-refractivity contribution in [2.24, 2.45) is 11.5 Å². The molecule has 0 spiro atoms. The van der Waals surface area contributed by atoms with E-state index in [9.17, 15) is 28.8 Å². The maximum atomic E-state index is 11.6. The number of carboxylic acid groups (broad SMARTS) is 2. The van der Waals surface area contributed by atoms with Crippen molar-refractivity contribution < 1.29 is 39.0 Å². The molecule has 0 aliphatic rings. The molecule has 146 valence electrons. The highest BCUT2D eigenvalue weighted by molar-refractivity contribution is 5.91. The molecule has 0 aromatic carbocycles. The third kappa shape index (κ3) is 10.5. The molecule has 0 fully saturated rings. The van der Waals surface area contributed by atoms with Gasteiger partial charge in [-0.05, 0) is 6.42 Å². The zero-order chi connectivity index (χ0) is 20.3. The maximum Gasteiger partial charge on any atom is 0.326 e. The maximum absolute atomic E-state index is 11.6. The molecule has 0 radical (unpaired) electrons. The van der Waals surface area contributed by atoms with E-state index in [2.05, 4.69) is 16.0 Å². The van der Waals surface area contributed by atoms with E-state index in [1.54, 1.807) is 0 Å². The van der Waals surface area contributed by atoms with Gasteiger partial charge in [0.05, 0.1) is 25.6 Å². The molecule has 13 nitrogen and oxygen atoms in total. The van der Waals surface area contributed by atoms with Crippen LogP contribution in [0.2, 0.25) is 0 Å². The van der Waals surface area contributed by atoms with Crippen molar-refractivity contribution >= 4 is 35.6 Å². The van der Waals surface area contributed by atoms with Gasteiger partial charge in [0.25, 0.3) is 0 Å². The number of hydrogen-bond donors (Lipinski definition) is 7. The number of carbonyl (C=O) groups excluding carboxylic acids is 4. The molecule has 0 heterocycles. The monoisotopic (exact) mass is 375 g/mol. The Labute approximate surface area is 147 Å². The fraction of sp³-hybridized carbons (Fsp3) is 0.538. The Morgan fingerprint density at radius 3 is 2.00 bits per heavy atom. The molecule has 13 heteroatoms. The average Bonchev–Trinajstić information content (AvgIpc) is 2.53. The molecule has 0 bridgehead atoms. The van der Waals surface area contributed by atoms with Crippen molar-refractivity contribution in [3.63, 3.8) is 0 Å². The SMILES string of the molecule is NC(=O)CCC(NC(=O)CNC(=O)CNC(=O)C(N)CC(=O)O)C(=O)O. The van der Waals surface area contributed by atoms with Gasteiger partial charge >= 0.3 is 11.9 Å². The van der Waals surface area contributed by atoms with Crippen molar-refractivity contribution in [2.45, 2.75) is 31.3 Å². The first-order valence-electron chi connectivity index (χ1n) is 7.35. The third-order valence-corrected chi connectivity index (χ3v) is 2.91. The Hall–Kier alpha value is -3.22. The molecule has 9 N–H and O–H groups in total. The van der Waals surface area contributed by atoms with Crippen LogP contribution >= 0.6 is 0 Å². The van der Waals surface area contributed by atoms with Gasteiger partial charge in [-0.15, -0.1) is 0 Å². The van der Waals surface area contributed by atoms with Gasteiger partial charge in [-0.2, -0.15) is 0 Å². The van der Waals surface area contributed by atoms with Crippen molar-refractivity contribution in [1.82, 2.24) is 16.0 Å². The molecule has 0 aliphatic heterocycles. The summed E-state index contributed by atoms with van der Waals surface area (Å²) in [5, 5.41) is 23.7. The standard InChI is InChI=1S/C13H21N5O8/c14-6(3-11(22)23)12(24)17-4-9(20)16-5-10(21)18-7(13(25)26)1-2-8(15)19/h6-7H,1-5,14H2,(H2,15,19)(H,16,20)(H,17,24)(H,18,21)(H,22,23)(H,25,26). The molecular weight excluding hydrogens is 354 g/mol. The minimum Gasteiger partial charge on any atom is -0.481 e. The predicted octanol–water partition coefficient (Wildman–Crippen LogP) is -4.14. The average molecular weight is 375 g/mol. The third-order valence-electron chi connectivity index (χ3n) is 2.91. The lowest BCUT2D eigenvalue weighted by Gasteiger charge is -2.14. The highest BCUT2D eigenvalue weighted by Crippen LogP contribution is 1.97. The topological polar surface area (TPSA) is 231 Å². The Morgan fingerprint density at radius 2 is 1.50 bits per heavy atom. The summed E-state index contributed by atoms with van der Waals surface area (Å²) < 4.78 is 0. The van der Waals surface area contributed by atoms with E-state index in [1.807, 2.05) is 0 Å². The Kier molecular flexibility index (Phi) is 9.95. The molecule has 4 amide bonds. The van der Waals surface area contributed by atoms with E-state index in [0.29, 0.717) is 0 Å². The van der Waals surface area contributed by atoms with Gasteiger partial charge in [-0.1, -0.05) is 0 Å². The minimum atomic E-state index is -1.37. The summed E-state index contributed by atoms with van der Waals surface area (Å²) in [7, 11) is 0. The molecule has 26 heavy (non-hydrogen) atoms. The molecule has 0 rings (SSSR count). The second kappa shape index (κ2) is 11.4. The summed E-state index contributed by atoms with van der Waals surface area (Å²) >= 11 is 0. The number of nitrogens with one attached hydrogen (secondary N) is 3. The van der Waals surface area contributed by atoms with Crippen LogP contribution in [0.15, 0.2) is 0 Å². The predicted molar refractivity (Wildman–Crippen MR) is 84.2 cm³/mol. The number of primary amides is 1. The largest absolute Gasteiger partial charge is 0.481 e. The first-order chi connectivity index (χ1) is 12.0. The second-order valence-corrected chi connectivity index (χ2v) is 5.16. The molecular formula is C13H21N5O8. The molecule has 2 unspecified atom stereocenters. The highest BCUT2D eigenvalue weighted by atomic mass is 16.4. The van der Waals surface area contributed by atoms with E-state index < -0.39 is 67.2 Å². The smallest absolute Gasteiger partial charge is 0.326 e. The fourth-order valence-corrected chi connectivity index (χ4v) is 1.61. The first kappa shape index (κ1) is 22.8. The summed E-state index contributed by atoms with van der Waals surface area (Å²) in [5.74, 6) is -5.84. The normalized spacial score (nSPS) is 12.3. The van der Waals surface area contributed by atoms with E-state index in [0.717, 1.165) is 0 Å². The molecule has 0 aliphatic carbocycles. The number of aliphatic carboxylic acids is 2. The number of rotatable bonds is 12. The molecule has 0 saturated carbocycles. The lowest BCUT2D eigenvalue weighted by Crippen LogP contribution is -2.48. The summed E-state index contributed by atoms with van der Waals surface area (Å²) in [4.78, 5) is 66.5. The molecule has 0 aromatic heterocycles. The van der Waals surface area contributed by atoms with Gasteiger partial charge in [0.15, 0.2) is 0 Å². The van der Waals surface area contributed by atoms with Gasteiger partial charge in [0.1, 0.15) is 6.04 Å². The van der Waals surface area contributed by atoms with Crippen molar-refractivity contribution in [1.29, 1.82) is 0 Å². The summed E-state index contributed by atoms with van der Waals surface area (Å²) in [6.07, 6.45) is -1.06. The van der Waals surface area contributed by atoms with Gasteiger partial charge in [-0.25, -0.2) is 4.79 Å². The first-order valence-corrected chi connectivity index (χ1v) is 7.35. The van der Waals surface area contributed by atoms with Crippen LogP contribution in [-0.2, 0) is 28.8 Å². The zero-order valence-corrected chi connectivity index (χ0v) is 13.7. The summed E-state index contributed by atoms with van der Waals surface area (Å²) in [5.41, 5.74) is 10.2. The fourth-order valence-electron chi connectivity index (χ4n) is 1.61. The van der Waals surface area contributed by atoms with Crippen LogP contribution in [0.25, 0.3) is 0 Å². The van der Waals surface area contributed by atoms with E-state index in [4.69, 9.17) is 21.7 Å². The number of nitrogens with two attached hydrogens (primary N) is 2. The van der Waals surface area contributed by atoms with Crippen LogP contribution < -0.4 is 27.4 Å². The quantitative estimate of drug-likeness (QED) is 0.175. The second-order valence-electron chi connectivity index (χ2n) is 5.16. The lowest BCUT2D eigenvalue weighted by atomic mass is 10.1. The van der Waals surface area contributed by atoms with Gasteiger partial charge in [-0.3, -0.25) is 24.0 Å². The minimum absolute atomic E-state index is 0.206. The van der Waals surface area contributed by atoms with Crippen LogP contribution in [0.1, 0.15) is 19.3 Å². The Balaban J connectivity index is 4.22. The Bertz CT molecular complexity index is 579. The lowest BCUT2D eigenvalue weighted by molar-refractivity contribution is -0.142. The van der Waals surface area contributed by atoms with E-state index in [1.165, 1.54) is 0 Å². The molecule has 0 aromatic rings. The highest BCUT2D eigenvalue weighted by Gasteiger charge is 2.21. The zero-order valence-electron chi connectivity index (χ0n) is 13.7. The number of carboxylic acids is 2. The summed E-state index contributed by atoms with van der Waals surface area (Å²) in [6, 6.07) is -2.68. The summed E-state index contributed by atoms with van der Waals surface area (Å²) in [6.45, 7) is -1.13. The van der Waals surface area contributed by atoms with Crippen LogP contribution in [0.3, 0.4) is 0 Å². The number of hydrogen-bond acceptors (Lipinski definition) is 7. The molecule has 0 saturated heterocycles. The van der Waals surface area contributed by atoms with Crippen LogP contribution in [0.4, 0.5) is 0 Å². The molecule has 2 atom stereocenters. The van der Waals surface area contributed by atoms with Crippen LogP contribution in [0, 0.1) is 0 Å². The Morgan fingerprint density at radius 1 is 0.923 bits per heavy atom. The number of carbonyl (C=O) groups is 6. The van der Waals surface area contributed by atoms with Crippen molar-refractivity contribution in [3.8, 4) is 0 Å². The van der Waals surface area contributed by atoms with Crippen molar-refractivity contribution in [3.05, 3.63) is 0 Å². The van der Waals surface area contributed by atoms with Gasteiger partial charge in [0.2, 0.25) is 23.6 Å². The van der Waals surface area contributed by atoms with Gasteiger partial charge < -0.3 is 37.6 Å². The van der Waals surface area contributed by atoms with Crippen LogP contribution in [0.5, 0.6) is 0 Å². The van der Waals surface area contributed by atoms with Gasteiger partial charge in [0, 0.05) is 6.42 Å². The van der Waals surface area contributed by atoms with Crippen molar-refractivity contribution in [2.75, 3.05) is 13.1 Å². The van der Waals surface area contributed by atoms with E-state index in [-0.39, 0.29) is 12.8 Å². The number of amides is 4. The van der Waals surface area contributed by atoms with E-state index >= 15 is 0 Å². The van der Waals surface area contributed by atoms with Crippen LogP contribution in [-0.4, -0.2) is 71.0 Å².